The molecule has 39 heavy (non-hydrogen) atoms. The van der Waals surface area contributed by atoms with Crippen molar-refractivity contribution < 1.29 is 33.8 Å². The lowest BCUT2D eigenvalue weighted by Gasteiger charge is -2.53. The zero-order chi connectivity index (χ0) is 27.9. The summed E-state index contributed by atoms with van der Waals surface area (Å²) in [5.41, 5.74) is -0.403. The van der Waals surface area contributed by atoms with Gasteiger partial charge < -0.3 is 19.5 Å². The van der Waals surface area contributed by atoms with Crippen LogP contribution in [0.25, 0.3) is 0 Å². The molecule has 0 spiro atoms. The number of amides is 1. The Morgan fingerprint density at radius 2 is 1.72 bits per heavy atom. The van der Waals surface area contributed by atoms with Crippen molar-refractivity contribution in [1.29, 1.82) is 0 Å². The van der Waals surface area contributed by atoms with E-state index in [-0.39, 0.29) is 43.0 Å². The maximum absolute atomic E-state index is 14.5. The number of cyclic esters (lactones) is 1. The molecule has 2 unspecified atom stereocenters. The summed E-state index contributed by atoms with van der Waals surface area (Å²) in [6, 6.07) is 17.1. The third-order valence-electron chi connectivity index (χ3n) is 7.76. The van der Waals surface area contributed by atoms with E-state index in [2.05, 4.69) is 0 Å². The van der Waals surface area contributed by atoms with Crippen LogP contribution in [0.15, 0.2) is 83.3 Å². The fraction of sp³-hybridized carbons (Fsp3) is 0.333. The molecule has 3 aliphatic rings. The molecule has 202 valence electrons. The third-order valence-corrected chi connectivity index (χ3v) is 7.76. The van der Waals surface area contributed by atoms with Crippen LogP contribution in [0.3, 0.4) is 0 Å². The van der Waals surface area contributed by atoms with Gasteiger partial charge in [-0.05, 0) is 24.5 Å². The van der Waals surface area contributed by atoms with E-state index in [1.54, 1.807) is 49.1 Å². The topological polar surface area (TPSA) is 113 Å². The van der Waals surface area contributed by atoms with Crippen LogP contribution in [-0.2, 0) is 35.2 Å². The molecule has 1 saturated heterocycles. The molecule has 3 atom stereocenters. The third kappa shape index (κ3) is 4.04. The summed E-state index contributed by atoms with van der Waals surface area (Å²) >= 11 is 0. The molecular weight excluding hydrogens is 500 g/mol. The number of carbonyl (C=O) groups is 4. The Kier molecular flexibility index (Phi) is 6.86. The average molecular weight is 531 g/mol. The summed E-state index contributed by atoms with van der Waals surface area (Å²) in [5, 5.41) is 11.9. The van der Waals surface area contributed by atoms with Crippen molar-refractivity contribution >= 4 is 23.6 Å². The van der Waals surface area contributed by atoms with E-state index < -0.39 is 41.2 Å². The van der Waals surface area contributed by atoms with E-state index in [4.69, 9.17) is 9.47 Å². The van der Waals surface area contributed by atoms with Gasteiger partial charge in [-0.25, -0.2) is 9.59 Å². The maximum atomic E-state index is 14.5. The summed E-state index contributed by atoms with van der Waals surface area (Å²) in [7, 11) is 1.25. The number of hydrogen-bond donors (Lipinski definition) is 1. The van der Waals surface area contributed by atoms with Crippen LogP contribution in [0.1, 0.15) is 43.9 Å². The number of hydrogen-bond acceptors (Lipinski definition) is 8. The van der Waals surface area contributed by atoms with Gasteiger partial charge in [-0.2, -0.15) is 0 Å². The fourth-order valence-corrected chi connectivity index (χ4v) is 5.87. The van der Waals surface area contributed by atoms with E-state index in [1.165, 1.54) is 12.0 Å². The van der Waals surface area contributed by atoms with Gasteiger partial charge in [0, 0.05) is 24.6 Å². The monoisotopic (exact) mass is 530 g/mol. The number of ketones is 1. The van der Waals surface area contributed by atoms with Crippen molar-refractivity contribution in [3.63, 3.8) is 0 Å². The normalized spacial score (nSPS) is 24.7. The number of ether oxygens (including phenoxy) is 2. The van der Waals surface area contributed by atoms with Crippen LogP contribution in [0.5, 0.6) is 0 Å². The number of allylic oxidation sites excluding steroid dienone is 1. The molecular formula is C30H30N2O7. The minimum atomic E-state index is -2.50. The van der Waals surface area contributed by atoms with Gasteiger partial charge >= 0.3 is 11.9 Å². The summed E-state index contributed by atoms with van der Waals surface area (Å²) in [6.45, 7) is 3.47. The van der Waals surface area contributed by atoms with Crippen molar-refractivity contribution in [1.82, 2.24) is 9.80 Å². The Balaban J connectivity index is 1.87. The van der Waals surface area contributed by atoms with Crippen molar-refractivity contribution in [2.75, 3.05) is 13.7 Å². The molecule has 9 heteroatoms. The molecule has 1 N–H and O–H groups in total. The molecule has 1 amide bonds. The fourth-order valence-electron chi connectivity index (χ4n) is 5.87. The number of nitrogens with zero attached hydrogens (tertiary/aromatic N) is 2. The maximum Gasteiger partial charge on any atom is 0.338 e. The first-order chi connectivity index (χ1) is 18.7. The molecule has 0 radical (unpaired) electrons. The number of carbonyl (C=O) groups excluding carboxylic acids is 4. The largest absolute Gasteiger partial charge is 0.466 e. The first-order valence-electron chi connectivity index (χ1n) is 12.9. The van der Waals surface area contributed by atoms with Gasteiger partial charge in [0.15, 0.2) is 5.78 Å². The van der Waals surface area contributed by atoms with Crippen LogP contribution in [0.2, 0.25) is 0 Å². The molecule has 3 heterocycles. The van der Waals surface area contributed by atoms with Crippen molar-refractivity contribution in [2.45, 2.75) is 44.9 Å². The Morgan fingerprint density at radius 1 is 1.08 bits per heavy atom. The lowest BCUT2D eigenvalue weighted by Crippen LogP contribution is -2.66. The predicted octanol–water partition coefficient (Wildman–Crippen LogP) is 3.02. The standard InChI is InChI=1S/C30H30N2O7/c1-4-22(33)30(37)21-15-16-39-28(35)24(21)26-31(17-19-11-7-5-8-12-19)18(2)23(27(34)38-3)25(32(26)29(30)36)20-13-9-6-10-14-20/h5-14,21,25,37H,4,15-17H2,1-3H3/t21?,25?,30-/m1/s1. The van der Waals surface area contributed by atoms with E-state index in [1.807, 2.05) is 30.3 Å². The molecule has 2 aromatic carbocycles. The zero-order valence-electron chi connectivity index (χ0n) is 22.0. The van der Waals surface area contributed by atoms with Gasteiger partial charge in [0.05, 0.1) is 30.9 Å². The molecule has 0 aromatic heterocycles. The van der Waals surface area contributed by atoms with E-state index in [0.717, 1.165) is 5.56 Å². The zero-order valence-corrected chi connectivity index (χ0v) is 22.0. The highest BCUT2D eigenvalue weighted by Crippen LogP contribution is 2.51. The average Bonchev–Trinajstić information content (AvgIpc) is 2.96. The minimum absolute atomic E-state index is 0.0318. The summed E-state index contributed by atoms with van der Waals surface area (Å²) in [6.07, 6.45) is -0.0130. The first kappa shape index (κ1) is 26.4. The quantitative estimate of drug-likeness (QED) is 0.448. The number of methoxy groups -OCH3 is 1. The highest BCUT2D eigenvalue weighted by Gasteiger charge is 2.63. The molecule has 2 aromatic rings. The number of aliphatic hydroxyl groups is 1. The van der Waals surface area contributed by atoms with Crippen molar-refractivity contribution in [3.8, 4) is 0 Å². The second-order valence-electron chi connectivity index (χ2n) is 9.81. The van der Waals surface area contributed by atoms with Gasteiger partial charge in [0.2, 0.25) is 5.60 Å². The minimum Gasteiger partial charge on any atom is -0.466 e. The second kappa shape index (κ2) is 10.1. The molecule has 0 bridgehead atoms. The Hall–Kier alpha value is -4.24. The Labute approximate surface area is 226 Å². The SMILES string of the molecule is CCC(=O)[C@@]1(O)C(=O)N2C(=C3C(=O)OCCC31)N(Cc1ccccc1)C(C)=C(C(=O)OC)C2c1ccccc1. The predicted molar refractivity (Wildman–Crippen MR) is 139 cm³/mol. The van der Waals surface area contributed by atoms with Crippen molar-refractivity contribution in [3.05, 3.63) is 94.5 Å². The van der Waals surface area contributed by atoms with Crippen LogP contribution in [0, 0.1) is 5.92 Å². The molecule has 5 rings (SSSR count). The number of fused-ring (bicyclic) bond motifs is 2. The highest BCUT2D eigenvalue weighted by atomic mass is 16.5. The lowest BCUT2D eigenvalue weighted by atomic mass is 9.70. The van der Waals surface area contributed by atoms with Gasteiger partial charge in [0.1, 0.15) is 5.82 Å². The molecule has 0 saturated carbocycles. The smallest absolute Gasteiger partial charge is 0.338 e. The summed E-state index contributed by atoms with van der Waals surface area (Å²) in [4.78, 5) is 57.5. The molecule has 1 fully saturated rings. The summed E-state index contributed by atoms with van der Waals surface area (Å²) in [5.74, 6) is -3.85. The molecule has 9 nitrogen and oxygen atoms in total. The van der Waals surface area contributed by atoms with Crippen LogP contribution < -0.4 is 0 Å². The van der Waals surface area contributed by atoms with Gasteiger partial charge in [-0.3, -0.25) is 14.5 Å². The van der Waals surface area contributed by atoms with Gasteiger partial charge in [-0.15, -0.1) is 0 Å². The Bertz CT molecular complexity index is 1400. The lowest BCUT2D eigenvalue weighted by molar-refractivity contribution is -0.174. The summed E-state index contributed by atoms with van der Waals surface area (Å²) < 4.78 is 10.6. The van der Waals surface area contributed by atoms with Gasteiger partial charge in [0.25, 0.3) is 5.91 Å². The molecule has 3 aliphatic heterocycles. The van der Waals surface area contributed by atoms with Crippen LogP contribution >= 0.6 is 0 Å². The van der Waals surface area contributed by atoms with Crippen molar-refractivity contribution in [2.24, 2.45) is 5.92 Å². The van der Waals surface area contributed by atoms with E-state index >= 15 is 0 Å². The second-order valence-corrected chi connectivity index (χ2v) is 9.81. The highest BCUT2D eigenvalue weighted by molar-refractivity contribution is 6.14. The van der Waals surface area contributed by atoms with E-state index in [0.29, 0.717) is 11.3 Å². The van der Waals surface area contributed by atoms with Gasteiger partial charge in [-0.1, -0.05) is 67.6 Å². The molecule has 0 aliphatic carbocycles. The van der Waals surface area contributed by atoms with Crippen LogP contribution in [-0.4, -0.2) is 57.9 Å². The first-order valence-corrected chi connectivity index (χ1v) is 12.9. The Morgan fingerprint density at radius 3 is 2.33 bits per heavy atom. The number of esters is 2. The van der Waals surface area contributed by atoms with E-state index in [9.17, 15) is 24.3 Å². The van der Waals surface area contributed by atoms with Crippen LogP contribution in [0.4, 0.5) is 0 Å². The number of benzene rings is 2. The number of Topliss-reactive ketones (excluding diaryl/α,β-unsaturated/α-hetero) is 1. The number of rotatable bonds is 6.